The number of urea groups is 1. The van der Waals surface area contributed by atoms with E-state index in [0.29, 0.717) is 28.6 Å². The molecule has 0 unspecified atom stereocenters. The molecule has 220 valence electrons. The Labute approximate surface area is 243 Å². The van der Waals surface area contributed by atoms with E-state index < -0.39 is 10.0 Å². The number of amides is 2. The van der Waals surface area contributed by atoms with Crippen LogP contribution in [0.1, 0.15) is 38.2 Å². The van der Waals surface area contributed by atoms with Crippen molar-refractivity contribution in [3.8, 4) is 17.2 Å². The lowest BCUT2D eigenvalue weighted by Gasteiger charge is -2.38. The molecule has 0 aromatic heterocycles. The lowest BCUT2D eigenvalue weighted by molar-refractivity contribution is 0.122. The predicted molar refractivity (Wildman–Crippen MR) is 163 cm³/mol. The zero-order chi connectivity index (χ0) is 29.2. The second-order valence-electron chi connectivity index (χ2n) is 10.3. The number of para-hydroxylation sites is 2. The maximum absolute atomic E-state index is 13.3. The molecule has 0 saturated carbocycles. The van der Waals surface area contributed by atoms with Gasteiger partial charge < -0.3 is 19.7 Å². The van der Waals surface area contributed by atoms with E-state index in [9.17, 15) is 13.2 Å². The molecule has 0 aliphatic carbocycles. The van der Waals surface area contributed by atoms with Gasteiger partial charge in [-0.2, -0.15) is 0 Å². The Morgan fingerprint density at radius 1 is 0.976 bits per heavy atom. The van der Waals surface area contributed by atoms with Crippen molar-refractivity contribution in [3.63, 3.8) is 0 Å². The van der Waals surface area contributed by atoms with E-state index in [0.717, 1.165) is 58.1 Å². The average molecular weight is 581 g/mol. The molecule has 1 heterocycles. The van der Waals surface area contributed by atoms with Gasteiger partial charge in [-0.25, -0.2) is 13.2 Å². The molecule has 3 aromatic carbocycles. The number of nitrogens with zero attached hydrogens (tertiary/aromatic N) is 2. The minimum Gasteiger partial charge on any atom is -0.495 e. The van der Waals surface area contributed by atoms with Gasteiger partial charge in [0.1, 0.15) is 17.2 Å². The number of sulfonamides is 1. The first kappa shape index (κ1) is 30.2. The number of hydrogen-bond acceptors (Lipinski definition) is 6. The number of nitrogens with one attached hydrogen (secondary N) is 2. The van der Waals surface area contributed by atoms with Crippen molar-refractivity contribution in [2.24, 2.45) is 0 Å². The van der Waals surface area contributed by atoms with Crippen LogP contribution in [0.25, 0.3) is 0 Å². The van der Waals surface area contributed by atoms with Crippen LogP contribution >= 0.6 is 0 Å². The summed E-state index contributed by atoms with van der Waals surface area (Å²) in [6, 6.07) is 22.4. The highest BCUT2D eigenvalue weighted by Gasteiger charge is 2.28. The topological polar surface area (TPSA) is 100 Å². The average Bonchev–Trinajstić information content (AvgIpc) is 2.96. The first-order valence-corrected chi connectivity index (χ1v) is 15.9. The zero-order valence-electron chi connectivity index (χ0n) is 24.0. The number of carbonyl (C=O) groups is 1. The van der Waals surface area contributed by atoms with Crippen LogP contribution in [0.4, 0.5) is 16.2 Å². The Hall–Kier alpha value is -3.76. The van der Waals surface area contributed by atoms with Crippen LogP contribution in [0.2, 0.25) is 0 Å². The van der Waals surface area contributed by atoms with E-state index >= 15 is 0 Å². The van der Waals surface area contributed by atoms with Crippen molar-refractivity contribution >= 4 is 27.4 Å². The molecule has 1 aliphatic heterocycles. The fourth-order valence-corrected chi connectivity index (χ4v) is 5.53. The second kappa shape index (κ2) is 14.2. The normalized spacial score (nSPS) is 14.3. The summed E-state index contributed by atoms with van der Waals surface area (Å²) in [5.74, 6) is 1.99. The van der Waals surface area contributed by atoms with Crippen LogP contribution < -0.4 is 19.5 Å². The van der Waals surface area contributed by atoms with Gasteiger partial charge in [0.15, 0.2) is 0 Å². The molecule has 0 radical (unpaired) electrons. The number of methoxy groups -OCH3 is 1. The molecule has 41 heavy (non-hydrogen) atoms. The highest BCUT2D eigenvalue weighted by Crippen LogP contribution is 2.27. The van der Waals surface area contributed by atoms with E-state index in [1.807, 2.05) is 41.3 Å². The Morgan fingerprint density at radius 3 is 2.22 bits per heavy atom. The van der Waals surface area contributed by atoms with Crippen molar-refractivity contribution in [1.29, 1.82) is 0 Å². The third-order valence-corrected chi connectivity index (χ3v) is 7.69. The molecule has 0 bridgehead atoms. The summed E-state index contributed by atoms with van der Waals surface area (Å²) in [6.45, 7) is 5.55. The number of unbranched alkanes of at least 4 members (excludes halogenated alkanes) is 1. The van der Waals surface area contributed by atoms with Crippen LogP contribution in [0, 0.1) is 0 Å². The molecule has 2 N–H and O–H groups in total. The quantitative estimate of drug-likeness (QED) is 0.266. The zero-order valence-corrected chi connectivity index (χ0v) is 24.8. The minimum atomic E-state index is -3.31. The minimum absolute atomic E-state index is 0.0710. The summed E-state index contributed by atoms with van der Waals surface area (Å²) in [6.07, 6.45) is 4.97. The molecule has 0 atom stereocenters. The van der Waals surface area contributed by atoms with E-state index in [-0.39, 0.29) is 12.1 Å². The maximum atomic E-state index is 13.3. The van der Waals surface area contributed by atoms with Gasteiger partial charge in [-0.1, -0.05) is 37.6 Å². The fourth-order valence-electron chi connectivity index (χ4n) is 4.96. The second-order valence-corrected chi connectivity index (χ2v) is 12.1. The Bertz CT molecular complexity index is 1370. The highest BCUT2D eigenvalue weighted by atomic mass is 32.2. The molecule has 4 rings (SSSR count). The van der Waals surface area contributed by atoms with Crippen LogP contribution in [-0.4, -0.2) is 63.3 Å². The Balaban J connectivity index is 1.29. The number of hydrogen-bond donors (Lipinski definition) is 2. The standard InChI is InChI=1S/C31H40N4O5S/c1-4-5-20-35(31(36)32-29-8-6-7-9-30(29)39-2)26-18-21-34(22-19-26)23-24-10-14-27(15-11-24)40-28-16-12-25(13-17-28)33-41(3,37)38/h6-17,26,33H,4-5,18-23H2,1-3H3,(H,32,36). The molecule has 9 nitrogen and oxygen atoms in total. The number of likely N-dealkylation sites (tertiary alicyclic amines) is 1. The van der Waals surface area contributed by atoms with Gasteiger partial charge in [0.2, 0.25) is 10.0 Å². The summed E-state index contributed by atoms with van der Waals surface area (Å²) in [5, 5.41) is 3.06. The smallest absolute Gasteiger partial charge is 0.322 e. The summed E-state index contributed by atoms with van der Waals surface area (Å²) < 4.78 is 36.5. The number of piperidine rings is 1. The van der Waals surface area contributed by atoms with Crippen LogP contribution in [0.15, 0.2) is 72.8 Å². The summed E-state index contributed by atoms with van der Waals surface area (Å²) >= 11 is 0. The lowest BCUT2D eigenvalue weighted by atomic mass is 10.0. The van der Waals surface area contributed by atoms with Crippen LogP contribution in [-0.2, 0) is 16.6 Å². The third kappa shape index (κ3) is 9.12. The monoisotopic (exact) mass is 580 g/mol. The summed E-state index contributed by atoms with van der Waals surface area (Å²) in [7, 11) is -1.71. The molecule has 2 amide bonds. The van der Waals surface area contributed by atoms with E-state index in [1.54, 1.807) is 31.4 Å². The fraction of sp³-hybridized carbons (Fsp3) is 0.387. The van der Waals surface area contributed by atoms with E-state index in [1.165, 1.54) is 5.56 Å². The number of ether oxygens (including phenoxy) is 2. The molecule has 3 aromatic rings. The molecule has 10 heteroatoms. The first-order chi connectivity index (χ1) is 19.7. The van der Waals surface area contributed by atoms with Gasteiger partial charge >= 0.3 is 6.03 Å². The first-order valence-electron chi connectivity index (χ1n) is 14.0. The summed E-state index contributed by atoms with van der Waals surface area (Å²) in [5.41, 5.74) is 2.37. The molecular formula is C31H40N4O5S. The van der Waals surface area contributed by atoms with Crippen LogP contribution in [0.3, 0.4) is 0 Å². The number of rotatable bonds is 12. The molecule has 1 fully saturated rings. The van der Waals surface area contributed by atoms with Gasteiger partial charge in [-0.05, 0) is 73.4 Å². The van der Waals surface area contributed by atoms with Gasteiger partial charge in [0, 0.05) is 37.9 Å². The van der Waals surface area contributed by atoms with Crippen molar-refractivity contribution in [2.75, 3.05) is 43.0 Å². The van der Waals surface area contributed by atoms with Gasteiger partial charge in [0.05, 0.1) is 19.1 Å². The van der Waals surface area contributed by atoms with Crippen molar-refractivity contribution in [3.05, 3.63) is 78.4 Å². The van der Waals surface area contributed by atoms with Gasteiger partial charge in [0.25, 0.3) is 0 Å². The number of benzene rings is 3. The Kier molecular flexibility index (Phi) is 10.5. The molecule has 1 aliphatic rings. The maximum Gasteiger partial charge on any atom is 0.322 e. The number of anilines is 2. The third-order valence-electron chi connectivity index (χ3n) is 7.08. The van der Waals surface area contributed by atoms with Crippen LogP contribution in [0.5, 0.6) is 17.2 Å². The lowest BCUT2D eigenvalue weighted by Crippen LogP contribution is -2.49. The predicted octanol–water partition coefficient (Wildman–Crippen LogP) is 6.16. The van der Waals surface area contributed by atoms with Crippen molar-refractivity contribution in [1.82, 2.24) is 9.80 Å². The van der Waals surface area contributed by atoms with Crippen molar-refractivity contribution < 1.29 is 22.7 Å². The number of carbonyl (C=O) groups excluding carboxylic acids is 1. The van der Waals surface area contributed by atoms with Gasteiger partial charge in [-0.15, -0.1) is 0 Å². The van der Waals surface area contributed by atoms with E-state index in [4.69, 9.17) is 9.47 Å². The van der Waals surface area contributed by atoms with Crippen molar-refractivity contribution in [2.45, 2.75) is 45.2 Å². The highest BCUT2D eigenvalue weighted by molar-refractivity contribution is 7.92. The molecular weight excluding hydrogens is 540 g/mol. The summed E-state index contributed by atoms with van der Waals surface area (Å²) in [4.78, 5) is 17.7. The largest absolute Gasteiger partial charge is 0.495 e. The van der Waals surface area contributed by atoms with E-state index in [2.05, 4.69) is 34.0 Å². The SMILES string of the molecule is CCCCN(C(=O)Nc1ccccc1OC)C1CCN(Cc2ccc(Oc3ccc(NS(C)(=O)=O)cc3)cc2)CC1. The molecule has 1 saturated heterocycles. The Morgan fingerprint density at radius 2 is 1.61 bits per heavy atom. The molecule has 0 spiro atoms. The van der Waals surface area contributed by atoms with Gasteiger partial charge in [-0.3, -0.25) is 9.62 Å².